The van der Waals surface area contributed by atoms with Gasteiger partial charge in [0.05, 0.1) is 32.0 Å². The summed E-state index contributed by atoms with van der Waals surface area (Å²) in [6.45, 7) is 3.79. The number of aliphatic hydroxyl groups excluding tert-OH is 3. The van der Waals surface area contributed by atoms with Gasteiger partial charge in [-0.25, -0.2) is 9.13 Å². The number of esters is 2. The molecule has 0 aliphatic rings. The van der Waals surface area contributed by atoms with Crippen molar-refractivity contribution in [3.63, 3.8) is 0 Å². The molecular formula is C39H76O15P2. The summed E-state index contributed by atoms with van der Waals surface area (Å²) >= 11 is 0. The molecule has 0 aromatic rings. The molecule has 0 saturated heterocycles. The fraction of sp³-hybridized carbons (Fsp3) is 0.897. The van der Waals surface area contributed by atoms with E-state index < -0.39 is 78.4 Å². The van der Waals surface area contributed by atoms with Crippen LogP contribution in [0.15, 0.2) is 12.2 Å². The van der Waals surface area contributed by atoms with Crippen LogP contribution in [-0.4, -0.2) is 92.8 Å². The summed E-state index contributed by atoms with van der Waals surface area (Å²) in [5.41, 5.74) is 0. The van der Waals surface area contributed by atoms with Crippen LogP contribution in [-0.2, 0) is 41.8 Å². The van der Waals surface area contributed by atoms with Gasteiger partial charge in [-0.15, -0.1) is 0 Å². The first kappa shape index (κ1) is 54.8. The van der Waals surface area contributed by atoms with Crippen molar-refractivity contribution >= 4 is 27.6 Å². The maximum Gasteiger partial charge on any atom is 0.472 e. The number of rotatable bonds is 39. The summed E-state index contributed by atoms with van der Waals surface area (Å²) in [4.78, 5) is 52.6. The lowest BCUT2D eigenvalue weighted by Crippen LogP contribution is -2.30. The number of phosphoric acid groups is 2. The van der Waals surface area contributed by atoms with Gasteiger partial charge in [0.15, 0.2) is 6.10 Å². The van der Waals surface area contributed by atoms with Crippen molar-refractivity contribution in [2.45, 2.75) is 193 Å². The summed E-state index contributed by atoms with van der Waals surface area (Å²) in [7, 11) is -9.71. The molecule has 0 spiro atoms. The average molecular weight is 847 g/mol. The third kappa shape index (κ3) is 37.1. The van der Waals surface area contributed by atoms with Crippen LogP contribution in [0.25, 0.3) is 0 Å². The highest BCUT2D eigenvalue weighted by Crippen LogP contribution is 2.43. The number of aliphatic hydroxyl groups is 3. The second-order valence-corrected chi connectivity index (χ2v) is 17.7. The van der Waals surface area contributed by atoms with E-state index in [1.54, 1.807) is 0 Å². The highest BCUT2D eigenvalue weighted by atomic mass is 31.2. The number of hydrogen-bond donors (Lipinski definition) is 6. The molecule has 56 heavy (non-hydrogen) atoms. The van der Waals surface area contributed by atoms with Crippen LogP contribution < -0.4 is 0 Å². The van der Waals surface area contributed by atoms with E-state index in [-0.39, 0.29) is 12.8 Å². The van der Waals surface area contributed by atoms with Gasteiger partial charge in [-0.2, -0.15) is 0 Å². The molecule has 0 aromatic heterocycles. The Bertz CT molecular complexity index is 1100. The van der Waals surface area contributed by atoms with Crippen LogP contribution in [0.1, 0.15) is 168 Å². The second kappa shape index (κ2) is 34.6. The number of carbonyl (C=O) groups is 2. The van der Waals surface area contributed by atoms with E-state index in [9.17, 15) is 38.9 Å². The lowest BCUT2D eigenvalue weighted by molar-refractivity contribution is -0.161. The molecule has 0 heterocycles. The second-order valence-electron chi connectivity index (χ2n) is 15.1. The number of hydrogen-bond acceptors (Lipinski definition) is 12. The van der Waals surface area contributed by atoms with Crippen LogP contribution in [0, 0.1) is 5.92 Å². The van der Waals surface area contributed by atoms with Gasteiger partial charge in [0.25, 0.3) is 0 Å². The number of phosphoric ester groups is 2. The summed E-state index contributed by atoms with van der Waals surface area (Å²) in [6, 6.07) is 0. The number of unbranched alkanes of at least 4 members (excludes halogenated alkanes) is 15. The van der Waals surface area contributed by atoms with Gasteiger partial charge >= 0.3 is 27.6 Å². The lowest BCUT2D eigenvalue weighted by atomic mass is 10.0. The van der Waals surface area contributed by atoms with Crippen LogP contribution in [0.5, 0.6) is 0 Å². The van der Waals surface area contributed by atoms with Gasteiger partial charge in [0, 0.05) is 12.8 Å². The molecule has 0 saturated carbocycles. The van der Waals surface area contributed by atoms with Crippen molar-refractivity contribution < 1.29 is 71.8 Å². The zero-order chi connectivity index (χ0) is 42.1. The van der Waals surface area contributed by atoms with Crippen molar-refractivity contribution in [3.05, 3.63) is 12.2 Å². The molecule has 332 valence electrons. The van der Waals surface area contributed by atoms with Crippen molar-refractivity contribution in [3.8, 4) is 0 Å². The van der Waals surface area contributed by atoms with Crippen molar-refractivity contribution in [1.82, 2.24) is 0 Å². The molecule has 0 amide bonds. The minimum Gasteiger partial charge on any atom is -0.462 e. The van der Waals surface area contributed by atoms with E-state index in [1.165, 1.54) is 38.5 Å². The Morgan fingerprint density at radius 1 is 0.589 bits per heavy atom. The third-order valence-corrected chi connectivity index (χ3v) is 10.5. The number of ether oxygens (including phenoxy) is 2. The topological polar surface area (TPSA) is 236 Å². The van der Waals surface area contributed by atoms with Crippen LogP contribution in [0.4, 0.5) is 0 Å². The Balaban J connectivity index is 4.63. The first-order chi connectivity index (χ1) is 26.5. The average Bonchev–Trinajstić information content (AvgIpc) is 3.13. The van der Waals surface area contributed by atoms with E-state index in [1.807, 2.05) is 6.08 Å². The fourth-order valence-electron chi connectivity index (χ4n) is 5.67. The first-order valence-corrected chi connectivity index (χ1v) is 23.9. The van der Waals surface area contributed by atoms with E-state index in [0.717, 1.165) is 76.5 Å². The van der Waals surface area contributed by atoms with Gasteiger partial charge < -0.3 is 39.5 Å². The van der Waals surface area contributed by atoms with Crippen LogP contribution in [0.2, 0.25) is 0 Å². The highest BCUT2D eigenvalue weighted by Gasteiger charge is 2.28. The Kier molecular flexibility index (Phi) is 33.9. The SMILES string of the molecule is CCCCC/C=C\C[C@@H](O)[C@H](O)CCCCCCCC(=O)OC[C@H](COP(=O)(O)OC[C@@H](O)COP(=O)(O)O)OC(=O)CCCCCCCCCCCC(C)C. The van der Waals surface area contributed by atoms with Gasteiger partial charge in [0.1, 0.15) is 12.7 Å². The molecule has 0 bridgehead atoms. The van der Waals surface area contributed by atoms with Gasteiger partial charge in [0.2, 0.25) is 0 Å². The fourth-order valence-corrected chi connectivity index (χ4v) is 6.83. The molecule has 0 aromatic carbocycles. The Morgan fingerprint density at radius 3 is 1.68 bits per heavy atom. The van der Waals surface area contributed by atoms with Crippen molar-refractivity contribution in [1.29, 1.82) is 0 Å². The normalized spacial score (nSPS) is 15.5. The predicted octanol–water partition coefficient (Wildman–Crippen LogP) is 7.97. The zero-order valence-electron chi connectivity index (χ0n) is 34.4. The molecule has 0 rings (SSSR count). The van der Waals surface area contributed by atoms with Gasteiger partial charge in [-0.3, -0.25) is 23.2 Å². The van der Waals surface area contributed by atoms with E-state index in [0.29, 0.717) is 25.7 Å². The van der Waals surface area contributed by atoms with E-state index >= 15 is 0 Å². The largest absolute Gasteiger partial charge is 0.472 e. The molecule has 0 radical (unpaired) electrons. The smallest absolute Gasteiger partial charge is 0.462 e. The maximum absolute atomic E-state index is 12.6. The quantitative estimate of drug-likeness (QED) is 0.0149. The summed E-state index contributed by atoms with van der Waals surface area (Å²) in [5, 5.41) is 30.1. The summed E-state index contributed by atoms with van der Waals surface area (Å²) in [6.07, 6.45) is 19.6. The molecule has 0 aliphatic carbocycles. The minimum atomic E-state index is -4.88. The van der Waals surface area contributed by atoms with Gasteiger partial charge in [-0.1, -0.05) is 129 Å². The van der Waals surface area contributed by atoms with Crippen molar-refractivity contribution in [2.24, 2.45) is 5.92 Å². The molecule has 15 nitrogen and oxygen atoms in total. The molecule has 5 atom stereocenters. The molecule has 17 heteroatoms. The molecule has 0 fully saturated rings. The predicted molar refractivity (Wildman–Crippen MR) is 214 cm³/mol. The first-order valence-electron chi connectivity index (χ1n) is 20.9. The Labute approximate surface area is 336 Å². The monoisotopic (exact) mass is 846 g/mol. The summed E-state index contributed by atoms with van der Waals surface area (Å²) in [5.74, 6) is -0.397. The number of allylic oxidation sites excluding steroid dienone is 1. The van der Waals surface area contributed by atoms with E-state index in [2.05, 4.69) is 35.9 Å². The Hall–Kier alpha value is -1.22. The van der Waals surface area contributed by atoms with Crippen LogP contribution in [0.3, 0.4) is 0 Å². The lowest BCUT2D eigenvalue weighted by Gasteiger charge is -2.20. The molecule has 6 N–H and O–H groups in total. The zero-order valence-corrected chi connectivity index (χ0v) is 36.2. The maximum atomic E-state index is 12.6. The number of carbonyl (C=O) groups excluding carboxylic acids is 2. The van der Waals surface area contributed by atoms with Crippen molar-refractivity contribution in [2.75, 3.05) is 26.4 Å². The molecule has 1 unspecified atom stereocenters. The molecule has 0 aliphatic heterocycles. The minimum absolute atomic E-state index is 0.0988. The summed E-state index contributed by atoms with van der Waals surface area (Å²) < 4.78 is 47.6. The molecular weight excluding hydrogens is 770 g/mol. The third-order valence-electron chi connectivity index (χ3n) is 9.02. The standard InChI is InChI=1S/C39H76O15P2/c1-4-5-6-7-15-20-25-36(41)37(42)26-21-16-13-18-22-27-38(43)50-31-35(32-53-56(48,49)52-30-34(40)29-51-55(45,46)47)54-39(44)28-23-17-12-10-8-9-11-14-19-24-33(2)3/h15,20,33-37,40-42H,4-14,16-19,21-32H2,1-3H3,(H,48,49)(H2,45,46,47)/b20-15-/t34-,35+,36+,37+/m0/s1. The highest BCUT2D eigenvalue weighted by molar-refractivity contribution is 7.47. The van der Waals surface area contributed by atoms with Crippen LogP contribution >= 0.6 is 15.6 Å². The Morgan fingerprint density at radius 2 is 1.11 bits per heavy atom. The van der Waals surface area contributed by atoms with E-state index in [4.69, 9.17) is 23.8 Å². The van der Waals surface area contributed by atoms with Gasteiger partial charge in [-0.05, 0) is 44.4 Å².